The smallest absolute Gasteiger partial charge is 0.0408 e. The zero-order chi connectivity index (χ0) is 12.0. The molecule has 1 aromatic carbocycles. The molecule has 0 aliphatic rings. The van der Waals surface area contributed by atoms with E-state index in [-0.39, 0.29) is 0 Å². The SMILES string of the molecule is CCCC(C)C(CBr)Cc1cccc(Cl)c1. The van der Waals surface area contributed by atoms with E-state index in [1.54, 1.807) is 0 Å². The zero-order valence-electron chi connectivity index (χ0n) is 10.0. The molecule has 0 amide bonds. The predicted octanol–water partition coefficient (Wildman–Crippen LogP) is 5.33. The van der Waals surface area contributed by atoms with Crippen LogP contribution in [0.3, 0.4) is 0 Å². The Hall–Kier alpha value is -0.0100. The third kappa shape index (κ3) is 4.47. The number of halogens is 2. The first-order valence-electron chi connectivity index (χ1n) is 5.97. The lowest BCUT2D eigenvalue weighted by atomic mass is 9.87. The quantitative estimate of drug-likeness (QED) is 0.623. The number of benzene rings is 1. The Morgan fingerprint density at radius 2 is 2.12 bits per heavy atom. The van der Waals surface area contributed by atoms with E-state index in [1.165, 1.54) is 18.4 Å². The highest BCUT2D eigenvalue weighted by Crippen LogP contribution is 2.24. The zero-order valence-corrected chi connectivity index (χ0v) is 12.4. The molecule has 90 valence electrons. The fraction of sp³-hybridized carbons (Fsp3) is 0.571. The van der Waals surface area contributed by atoms with Gasteiger partial charge in [0, 0.05) is 10.4 Å². The van der Waals surface area contributed by atoms with Crippen LogP contribution in [0.2, 0.25) is 5.02 Å². The molecule has 0 fully saturated rings. The van der Waals surface area contributed by atoms with Gasteiger partial charge >= 0.3 is 0 Å². The molecular formula is C14H20BrCl. The lowest BCUT2D eigenvalue weighted by Gasteiger charge is -2.21. The van der Waals surface area contributed by atoms with Gasteiger partial charge in [0.2, 0.25) is 0 Å². The van der Waals surface area contributed by atoms with Crippen molar-refractivity contribution in [3.05, 3.63) is 34.9 Å². The molecule has 0 N–H and O–H groups in total. The molecule has 0 radical (unpaired) electrons. The van der Waals surface area contributed by atoms with Gasteiger partial charge in [-0.25, -0.2) is 0 Å². The Balaban J connectivity index is 2.62. The van der Waals surface area contributed by atoms with Crippen LogP contribution in [0.1, 0.15) is 32.3 Å². The van der Waals surface area contributed by atoms with Gasteiger partial charge in [0.05, 0.1) is 0 Å². The second-order valence-electron chi connectivity index (χ2n) is 4.51. The van der Waals surface area contributed by atoms with Crippen molar-refractivity contribution in [2.75, 3.05) is 5.33 Å². The predicted molar refractivity (Wildman–Crippen MR) is 76.5 cm³/mol. The average Bonchev–Trinajstić information content (AvgIpc) is 2.26. The molecule has 0 bridgehead atoms. The first-order valence-corrected chi connectivity index (χ1v) is 7.47. The maximum Gasteiger partial charge on any atom is 0.0408 e. The van der Waals surface area contributed by atoms with Crippen molar-refractivity contribution in [2.24, 2.45) is 11.8 Å². The first kappa shape index (κ1) is 14.1. The van der Waals surface area contributed by atoms with Crippen LogP contribution < -0.4 is 0 Å². The van der Waals surface area contributed by atoms with Crippen LogP contribution in [0, 0.1) is 11.8 Å². The van der Waals surface area contributed by atoms with Gasteiger partial charge in [-0.2, -0.15) is 0 Å². The molecule has 16 heavy (non-hydrogen) atoms. The molecule has 0 aliphatic heterocycles. The maximum atomic E-state index is 6.00. The highest BCUT2D eigenvalue weighted by Gasteiger charge is 2.15. The molecule has 1 aromatic rings. The van der Waals surface area contributed by atoms with Crippen LogP contribution >= 0.6 is 27.5 Å². The monoisotopic (exact) mass is 302 g/mol. The summed E-state index contributed by atoms with van der Waals surface area (Å²) in [6.45, 7) is 4.60. The number of hydrogen-bond donors (Lipinski definition) is 0. The van der Waals surface area contributed by atoms with Crippen molar-refractivity contribution in [2.45, 2.75) is 33.1 Å². The summed E-state index contributed by atoms with van der Waals surface area (Å²) in [6.07, 6.45) is 3.68. The van der Waals surface area contributed by atoms with Crippen LogP contribution in [0.25, 0.3) is 0 Å². The van der Waals surface area contributed by atoms with E-state index >= 15 is 0 Å². The van der Waals surface area contributed by atoms with E-state index in [0.29, 0.717) is 5.92 Å². The molecular weight excluding hydrogens is 284 g/mol. The van der Waals surface area contributed by atoms with Gasteiger partial charge in [0.1, 0.15) is 0 Å². The van der Waals surface area contributed by atoms with Gasteiger partial charge in [0.15, 0.2) is 0 Å². The van der Waals surface area contributed by atoms with Crippen molar-refractivity contribution in [3.63, 3.8) is 0 Å². The van der Waals surface area contributed by atoms with Gasteiger partial charge in [-0.3, -0.25) is 0 Å². The summed E-state index contributed by atoms with van der Waals surface area (Å²) in [5, 5.41) is 1.91. The number of hydrogen-bond acceptors (Lipinski definition) is 0. The second kappa shape index (κ2) is 7.34. The summed E-state index contributed by atoms with van der Waals surface area (Å²) in [6, 6.07) is 8.22. The van der Waals surface area contributed by atoms with Crippen molar-refractivity contribution < 1.29 is 0 Å². The third-order valence-corrected chi connectivity index (χ3v) is 4.20. The molecule has 0 saturated heterocycles. The van der Waals surface area contributed by atoms with Crippen LogP contribution in [0.5, 0.6) is 0 Å². The van der Waals surface area contributed by atoms with Crippen LogP contribution in [-0.2, 0) is 6.42 Å². The number of alkyl halides is 1. The standard InChI is InChI=1S/C14H20BrCl/c1-3-5-11(2)13(10-15)8-12-6-4-7-14(16)9-12/h4,6-7,9,11,13H,3,5,8,10H2,1-2H3. The molecule has 2 atom stereocenters. The van der Waals surface area contributed by atoms with E-state index in [2.05, 4.69) is 41.9 Å². The first-order chi connectivity index (χ1) is 7.67. The third-order valence-electron chi connectivity index (χ3n) is 3.13. The molecule has 2 heteroatoms. The lowest BCUT2D eigenvalue weighted by Crippen LogP contribution is -2.16. The van der Waals surface area contributed by atoms with Gasteiger partial charge in [0.25, 0.3) is 0 Å². The highest BCUT2D eigenvalue weighted by atomic mass is 79.9. The van der Waals surface area contributed by atoms with Crippen LogP contribution in [0.15, 0.2) is 24.3 Å². The molecule has 0 heterocycles. The fourth-order valence-corrected chi connectivity index (χ4v) is 3.15. The minimum absolute atomic E-state index is 0.707. The van der Waals surface area contributed by atoms with Crippen molar-refractivity contribution >= 4 is 27.5 Å². The van der Waals surface area contributed by atoms with E-state index in [4.69, 9.17) is 11.6 Å². The summed E-state index contributed by atoms with van der Waals surface area (Å²) in [7, 11) is 0. The molecule has 1 rings (SSSR count). The molecule has 0 aromatic heterocycles. The normalized spacial score (nSPS) is 14.8. The van der Waals surface area contributed by atoms with Crippen LogP contribution in [0.4, 0.5) is 0 Å². The molecule has 0 saturated carbocycles. The van der Waals surface area contributed by atoms with E-state index in [0.717, 1.165) is 22.7 Å². The lowest BCUT2D eigenvalue weighted by molar-refractivity contribution is 0.367. The summed E-state index contributed by atoms with van der Waals surface area (Å²) in [5.74, 6) is 1.47. The Bertz CT molecular complexity index is 311. The van der Waals surface area contributed by atoms with Crippen molar-refractivity contribution in [1.82, 2.24) is 0 Å². The minimum Gasteiger partial charge on any atom is -0.0925 e. The second-order valence-corrected chi connectivity index (χ2v) is 5.60. The largest absolute Gasteiger partial charge is 0.0925 e. The maximum absolute atomic E-state index is 6.00. The van der Waals surface area contributed by atoms with Crippen LogP contribution in [-0.4, -0.2) is 5.33 Å². The van der Waals surface area contributed by atoms with E-state index in [1.807, 2.05) is 12.1 Å². The van der Waals surface area contributed by atoms with Gasteiger partial charge in [-0.15, -0.1) is 0 Å². The fourth-order valence-electron chi connectivity index (χ4n) is 2.07. The number of rotatable bonds is 6. The van der Waals surface area contributed by atoms with Gasteiger partial charge in [-0.05, 0) is 36.0 Å². The minimum atomic E-state index is 0.707. The summed E-state index contributed by atoms with van der Waals surface area (Å²) in [5.41, 5.74) is 1.35. The molecule has 0 spiro atoms. The van der Waals surface area contributed by atoms with E-state index in [9.17, 15) is 0 Å². The Morgan fingerprint density at radius 3 is 2.69 bits per heavy atom. The highest BCUT2D eigenvalue weighted by molar-refractivity contribution is 9.09. The van der Waals surface area contributed by atoms with E-state index < -0.39 is 0 Å². The molecule has 0 aliphatic carbocycles. The van der Waals surface area contributed by atoms with Gasteiger partial charge in [-0.1, -0.05) is 66.4 Å². The van der Waals surface area contributed by atoms with Crippen molar-refractivity contribution in [1.29, 1.82) is 0 Å². The summed E-state index contributed by atoms with van der Waals surface area (Å²) >= 11 is 9.63. The Morgan fingerprint density at radius 1 is 1.38 bits per heavy atom. The summed E-state index contributed by atoms with van der Waals surface area (Å²) < 4.78 is 0. The molecule has 0 nitrogen and oxygen atoms in total. The average molecular weight is 304 g/mol. The Kier molecular flexibility index (Phi) is 6.45. The van der Waals surface area contributed by atoms with Crippen molar-refractivity contribution in [3.8, 4) is 0 Å². The van der Waals surface area contributed by atoms with Gasteiger partial charge < -0.3 is 0 Å². The summed E-state index contributed by atoms with van der Waals surface area (Å²) in [4.78, 5) is 0. The Labute approximate surface area is 113 Å². The topological polar surface area (TPSA) is 0 Å². The molecule has 2 unspecified atom stereocenters.